The standard InChI is InChI=1S/C22H20ClN5O/c1-2-21-20(14-25-28(21)19-9-4-7-17(23)13-19)22(29)26-18-8-3-6-16(12-18)15-27-11-5-10-24-27/h3-14H,2,15H2,1H3,(H,26,29). The van der Waals surface area contributed by atoms with Crippen LogP contribution >= 0.6 is 11.6 Å². The number of rotatable bonds is 6. The fourth-order valence-corrected chi connectivity index (χ4v) is 3.45. The minimum atomic E-state index is -0.189. The van der Waals surface area contributed by atoms with Crippen molar-refractivity contribution in [1.82, 2.24) is 19.6 Å². The van der Waals surface area contributed by atoms with Gasteiger partial charge in [-0.15, -0.1) is 0 Å². The van der Waals surface area contributed by atoms with Gasteiger partial charge in [-0.3, -0.25) is 9.48 Å². The number of nitrogens with one attached hydrogen (secondary N) is 1. The first-order chi connectivity index (χ1) is 14.1. The third kappa shape index (κ3) is 4.22. The van der Waals surface area contributed by atoms with Gasteiger partial charge in [0.15, 0.2) is 0 Å². The van der Waals surface area contributed by atoms with Gasteiger partial charge in [0.1, 0.15) is 0 Å². The van der Waals surface area contributed by atoms with Gasteiger partial charge in [-0.2, -0.15) is 10.2 Å². The van der Waals surface area contributed by atoms with E-state index in [1.807, 2.05) is 72.4 Å². The van der Waals surface area contributed by atoms with E-state index in [1.165, 1.54) is 0 Å². The van der Waals surface area contributed by atoms with Gasteiger partial charge in [0, 0.05) is 23.1 Å². The molecule has 0 saturated heterocycles. The lowest BCUT2D eigenvalue weighted by Gasteiger charge is -2.10. The van der Waals surface area contributed by atoms with Crippen molar-refractivity contribution >= 4 is 23.2 Å². The summed E-state index contributed by atoms with van der Waals surface area (Å²) in [5.41, 5.74) is 3.99. The second kappa shape index (κ2) is 8.32. The van der Waals surface area contributed by atoms with Crippen molar-refractivity contribution in [2.45, 2.75) is 19.9 Å². The predicted octanol–water partition coefficient (Wildman–Crippen LogP) is 4.59. The van der Waals surface area contributed by atoms with Crippen LogP contribution < -0.4 is 5.32 Å². The number of benzene rings is 2. The van der Waals surface area contributed by atoms with E-state index in [-0.39, 0.29) is 5.91 Å². The van der Waals surface area contributed by atoms with E-state index in [1.54, 1.807) is 17.1 Å². The van der Waals surface area contributed by atoms with E-state index in [9.17, 15) is 4.79 Å². The van der Waals surface area contributed by atoms with Crippen molar-refractivity contribution in [2.24, 2.45) is 0 Å². The number of hydrogen-bond donors (Lipinski definition) is 1. The van der Waals surface area contributed by atoms with E-state index < -0.39 is 0 Å². The molecule has 0 bridgehead atoms. The Hall–Kier alpha value is -3.38. The zero-order chi connectivity index (χ0) is 20.2. The number of carbonyl (C=O) groups is 1. The molecule has 1 N–H and O–H groups in total. The molecule has 0 aliphatic carbocycles. The molecule has 0 radical (unpaired) electrons. The molecule has 29 heavy (non-hydrogen) atoms. The Morgan fingerprint density at radius 1 is 1.10 bits per heavy atom. The second-order valence-electron chi connectivity index (χ2n) is 6.61. The predicted molar refractivity (Wildman–Crippen MR) is 114 cm³/mol. The van der Waals surface area contributed by atoms with E-state index in [4.69, 9.17) is 11.6 Å². The highest BCUT2D eigenvalue weighted by Crippen LogP contribution is 2.20. The Morgan fingerprint density at radius 3 is 2.72 bits per heavy atom. The van der Waals surface area contributed by atoms with Gasteiger partial charge >= 0.3 is 0 Å². The topological polar surface area (TPSA) is 64.7 Å². The Labute approximate surface area is 173 Å². The van der Waals surface area contributed by atoms with Crippen LogP contribution in [0.5, 0.6) is 0 Å². The van der Waals surface area contributed by atoms with Gasteiger partial charge in [-0.05, 0) is 48.4 Å². The lowest BCUT2D eigenvalue weighted by Crippen LogP contribution is -2.14. The molecule has 7 heteroatoms. The highest BCUT2D eigenvalue weighted by atomic mass is 35.5. The van der Waals surface area contributed by atoms with Crippen molar-refractivity contribution in [3.05, 3.63) is 95.0 Å². The summed E-state index contributed by atoms with van der Waals surface area (Å²) in [5, 5.41) is 12.2. The van der Waals surface area contributed by atoms with Crippen LogP contribution in [-0.4, -0.2) is 25.5 Å². The van der Waals surface area contributed by atoms with E-state index in [0.29, 0.717) is 23.6 Å². The van der Waals surface area contributed by atoms with Gasteiger partial charge in [0.25, 0.3) is 5.91 Å². The molecule has 4 aromatic rings. The molecule has 6 nitrogen and oxygen atoms in total. The summed E-state index contributed by atoms with van der Waals surface area (Å²) in [6.45, 7) is 2.64. The van der Waals surface area contributed by atoms with E-state index >= 15 is 0 Å². The molecular weight excluding hydrogens is 386 g/mol. The molecule has 0 atom stereocenters. The first-order valence-electron chi connectivity index (χ1n) is 9.34. The summed E-state index contributed by atoms with van der Waals surface area (Å²) in [6, 6.07) is 17.1. The molecule has 146 valence electrons. The lowest BCUT2D eigenvalue weighted by atomic mass is 10.1. The van der Waals surface area contributed by atoms with Crippen molar-refractivity contribution in [3.8, 4) is 5.69 Å². The fourth-order valence-electron chi connectivity index (χ4n) is 3.26. The van der Waals surface area contributed by atoms with Crippen LogP contribution in [0.3, 0.4) is 0 Å². The van der Waals surface area contributed by atoms with Crippen LogP contribution in [-0.2, 0) is 13.0 Å². The molecule has 2 aromatic heterocycles. The monoisotopic (exact) mass is 405 g/mol. The minimum absolute atomic E-state index is 0.189. The maximum Gasteiger partial charge on any atom is 0.259 e. The summed E-state index contributed by atoms with van der Waals surface area (Å²) >= 11 is 6.11. The van der Waals surface area contributed by atoms with Crippen LogP contribution in [0, 0.1) is 0 Å². The third-order valence-electron chi connectivity index (χ3n) is 4.59. The lowest BCUT2D eigenvalue weighted by molar-refractivity contribution is 0.102. The SMILES string of the molecule is CCc1c(C(=O)Nc2cccc(Cn3cccn3)c2)cnn1-c1cccc(Cl)c1. The van der Waals surface area contributed by atoms with Gasteiger partial charge in [-0.25, -0.2) is 4.68 Å². The number of aromatic nitrogens is 4. The van der Waals surface area contributed by atoms with Crippen molar-refractivity contribution in [1.29, 1.82) is 0 Å². The number of nitrogens with zero attached hydrogens (tertiary/aromatic N) is 4. The molecule has 2 heterocycles. The molecule has 0 aliphatic rings. The third-order valence-corrected chi connectivity index (χ3v) is 4.82. The van der Waals surface area contributed by atoms with Crippen LogP contribution in [0.1, 0.15) is 28.5 Å². The highest BCUT2D eigenvalue weighted by Gasteiger charge is 2.17. The first kappa shape index (κ1) is 19.0. The Kier molecular flexibility index (Phi) is 5.44. The van der Waals surface area contributed by atoms with Crippen molar-refractivity contribution in [3.63, 3.8) is 0 Å². The van der Waals surface area contributed by atoms with Gasteiger partial charge in [0.05, 0.1) is 29.7 Å². The van der Waals surface area contributed by atoms with Crippen LogP contribution in [0.2, 0.25) is 5.02 Å². The largest absolute Gasteiger partial charge is 0.322 e. The molecule has 0 fully saturated rings. The normalized spacial score (nSPS) is 10.8. The Morgan fingerprint density at radius 2 is 1.97 bits per heavy atom. The number of hydrogen-bond acceptors (Lipinski definition) is 3. The van der Waals surface area contributed by atoms with Gasteiger partial charge in [-0.1, -0.05) is 36.7 Å². The highest BCUT2D eigenvalue weighted by molar-refractivity contribution is 6.30. The average molecular weight is 406 g/mol. The fraction of sp³-hybridized carbons (Fsp3) is 0.136. The van der Waals surface area contributed by atoms with E-state index in [0.717, 1.165) is 22.6 Å². The number of anilines is 1. The zero-order valence-electron chi connectivity index (χ0n) is 15.9. The van der Waals surface area contributed by atoms with Crippen LogP contribution in [0.15, 0.2) is 73.2 Å². The molecule has 0 spiro atoms. The summed E-state index contributed by atoms with van der Waals surface area (Å²) < 4.78 is 3.60. The number of carbonyl (C=O) groups excluding carboxylic acids is 1. The van der Waals surface area contributed by atoms with Gasteiger partial charge < -0.3 is 5.32 Å². The average Bonchev–Trinajstić information content (AvgIpc) is 3.37. The van der Waals surface area contributed by atoms with Crippen molar-refractivity contribution in [2.75, 3.05) is 5.32 Å². The summed E-state index contributed by atoms with van der Waals surface area (Å²) in [5.74, 6) is -0.189. The molecule has 0 saturated carbocycles. The molecular formula is C22H20ClN5O. The molecule has 0 aliphatic heterocycles. The molecule has 0 unspecified atom stereocenters. The molecule has 2 aromatic carbocycles. The number of halogens is 1. The Balaban J connectivity index is 1.56. The smallest absolute Gasteiger partial charge is 0.259 e. The Bertz CT molecular complexity index is 1130. The minimum Gasteiger partial charge on any atom is -0.322 e. The van der Waals surface area contributed by atoms with Crippen LogP contribution in [0.25, 0.3) is 5.69 Å². The number of amides is 1. The maximum atomic E-state index is 12.9. The quantitative estimate of drug-likeness (QED) is 0.510. The maximum absolute atomic E-state index is 12.9. The summed E-state index contributed by atoms with van der Waals surface area (Å²) in [4.78, 5) is 12.9. The van der Waals surface area contributed by atoms with Crippen LogP contribution in [0.4, 0.5) is 5.69 Å². The summed E-state index contributed by atoms with van der Waals surface area (Å²) in [6.07, 6.45) is 5.91. The van der Waals surface area contributed by atoms with E-state index in [2.05, 4.69) is 15.5 Å². The zero-order valence-corrected chi connectivity index (χ0v) is 16.7. The van der Waals surface area contributed by atoms with Gasteiger partial charge in [0.2, 0.25) is 0 Å². The summed E-state index contributed by atoms with van der Waals surface area (Å²) in [7, 11) is 0. The molecule has 1 amide bonds. The second-order valence-corrected chi connectivity index (χ2v) is 7.04. The van der Waals surface area contributed by atoms with Crippen molar-refractivity contribution < 1.29 is 4.79 Å². The molecule has 4 rings (SSSR count). The first-order valence-corrected chi connectivity index (χ1v) is 9.72.